The van der Waals surface area contributed by atoms with Gasteiger partial charge in [0.25, 0.3) is 5.91 Å². The lowest BCUT2D eigenvalue weighted by molar-refractivity contribution is -0.170. The molecule has 0 aromatic heterocycles. The van der Waals surface area contributed by atoms with Gasteiger partial charge >= 0.3 is 18.1 Å². The predicted octanol–water partition coefficient (Wildman–Crippen LogP) is 3.37. The van der Waals surface area contributed by atoms with Crippen molar-refractivity contribution in [3.8, 4) is 0 Å². The van der Waals surface area contributed by atoms with Crippen LogP contribution in [0.25, 0.3) is 0 Å². The van der Waals surface area contributed by atoms with Crippen molar-refractivity contribution in [3.63, 3.8) is 0 Å². The maximum atomic E-state index is 13.9. The van der Waals surface area contributed by atoms with E-state index in [-0.39, 0.29) is 30.0 Å². The summed E-state index contributed by atoms with van der Waals surface area (Å²) < 4.78 is 52.2. The van der Waals surface area contributed by atoms with E-state index in [0.717, 1.165) is 17.0 Å². The van der Waals surface area contributed by atoms with E-state index in [0.29, 0.717) is 0 Å². The van der Waals surface area contributed by atoms with Gasteiger partial charge in [0.15, 0.2) is 5.54 Å². The van der Waals surface area contributed by atoms with Crippen molar-refractivity contribution in [2.45, 2.75) is 31.0 Å². The number of nitrogens with one attached hydrogen (secondary N) is 1. The Balaban J connectivity index is 2.16. The molecule has 10 heteroatoms. The third-order valence-corrected chi connectivity index (χ3v) is 6.09. The standard InChI is InChI=1S/C23H21F3N2O5/c1-4-32-19(30)21(20(31)33-5-2)13-9-6-7-12-16(13)27-22(21)14-10-8-11-15(23(24,25)26)17(14)28(3)18(22)29/h6-12,27H,4-5H2,1-3H3/t22-/m0/s1. The zero-order valence-electron chi connectivity index (χ0n) is 18.1. The number of hydrogen-bond acceptors (Lipinski definition) is 6. The summed E-state index contributed by atoms with van der Waals surface area (Å²) in [6.07, 6.45) is -4.78. The molecule has 2 aromatic rings. The van der Waals surface area contributed by atoms with Gasteiger partial charge in [-0.25, -0.2) is 0 Å². The van der Waals surface area contributed by atoms with Gasteiger partial charge in [-0.15, -0.1) is 0 Å². The van der Waals surface area contributed by atoms with Crippen LogP contribution in [-0.4, -0.2) is 38.1 Å². The van der Waals surface area contributed by atoms with E-state index in [2.05, 4.69) is 5.32 Å². The van der Waals surface area contributed by atoms with Crippen LogP contribution in [0, 0.1) is 0 Å². The van der Waals surface area contributed by atoms with Crippen LogP contribution in [0.3, 0.4) is 0 Å². The molecule has 0 radical (unpaired) electrons. The Bertz CT molecular complexity index is 1150. The van der Waals surface area contributed by atoms with Crippen molar-refractivity contribution in [3.05, 3.63) is 59.2 Å². The third-order valence-electron chi connectivity index (χ3n) is 6.09. The molecule has 0 unspecified atom stereocenters. The largest absolute Gasteiger partial charge is 0.465 e. The molecule has 0 fully saturated rings. The highest BCUT2D eigenvalue weighted by molar-refractivity contribution is 6.24. The minimum atomic E-state index is -4.78. The molecule has 2 aliphatic heterocycles. The first-order chi connectivity index (χ1) is 15.6. The maximum Gasteiger partial charge on any atom is 0.418 e. The lowest BCUT2D eigenvalue weighted by Crippen LogP contribution is -2.64. The number of likely N-dealkylation sites (N-methyl/N-ethyl adjacent to an activating group) is 1. The van der Waals surface area contributed by atoms with Crippen molar-refractivity contribution in [2.75, 3.05) is 30.5 Å². The Morgan fingerprint density at radius 1 is 0.970 bits per heavy atom. The Kier molecular flexibility index (Phi) is 5.14. The van der Waals surface area contributed by atoms with Gasteiger partial charge in [0.05, 0.1) is 24.5 Å². The summed E-state index contributed by atoms with van der Waals surface area (Å²) in [6.45, 7) is 2.79. The van der Waals surface area contributed by atoms with Gasteiger partial charge in [0.1, 0.15) is 0 Å². The van der Waals surface area contributed by atoms with Gasteiger partial charge in [0.2, 0.25) is 5.41 Å². The summed E-state index contributed by atoms with van der Waals surface area (Å²) in [5, 5.41) is 2.93. The summed E-state index contributed by atoms with van der Waals surface area (Å²) in [4.78, 5) is 41.9. The topological polar surface area (TPSA) is 84.9 Å². The normalized spacial score (nSPS) is 20.3. The van der Waals surface area contributed by atoms with Crippen LogP contribution in [0.2, 0.25) is 0 Å². The number of para-hydroxylation sites is 2. The number of esters is 2. The number of rotatable bonds is 4. The fraction of sp³-hybridized carbons (Fsp3) is 0.348. The van der Waals surface area contributed by atoms with Crippen LogP contribution in [0.1, 0.15) is 30.5 Å². The molecule has 2 aliphatic rings. The highest BCUT2D eigenvalue weighted by Crippen LogP contribution is 2.61. The summed E-state index contributed by atoms with van der Waals surface area (Å²) in [6, 6.07) is 9.46. The summed E-state index contributed by atoms with van der Waals surface area (Å²) in [5.41, 5.74) is -5.97. The van der Waals surface area contributed by atoms with Crippen molar-refractivity contribution in [2.24, 2.45) is 0 Å². The van der Waals surface area contributed by atoms with Crippen molar-refractivity contribution in [1.82, 2.24) is 0 Å². The zero-order valence-corrected chi connectivity index (χ0v) is 18.1. The number of carbonyl (C=O) groups excluding carboxylic acids is 3. The minimum absolute atomic E-state index is 0.0916. The second-order valence-corrected chi connectivity index (χ2v) is 7.68. The number of alkyl halides is 3. The number of benzene rings is 2. The van der Waals surface area contributed by atoms with Crippen LogP contribution in [0.4, 0.5) is 24.5 Å². The molecule has 0 saturated heterocycles. The number of halogens is 3. The summed E-state index contributed by atoms with van der Waals surface area (Å²) in [5.74, 6) is -3.09. The fourth-order valence-electron chi connectivity index (χ4n) is 4.89. The summed E-state index contributed by atoms with van der Waals surface area (Å²) >= 11 is 0. The lowest BCUT2D eigenvalue weighted by Gasteiger charge is -2.38. The van der Waals surface area contributed by atoms with E-state index in [1.807, 2.05) is 0 Å². The smallest absolute Gasteiger partial charge is 0.418 e. The predicted molar refractivity (Wildman–Crippen MR) is 112 cm³/mol. The molecular weight excluding hydrogens is 441 g/mol. The quantitative estimate of drug-likeness (QED) is 0.554. The van der Waals surface area contributed by atoms with Crippen LogP contribution < -0.4 is 10.2 Å². The number of amides is 1. The molecule has 0 bridgehead atoms. The van der Waals surface area contributed by atoms with Gasteiger partial charge in [0, 0.05) is 23.9 Å². The van der Waals surface area contributed by atoms with Gasteiger partial charge in [-0.1, -0.05) is 30.3 Å². The molecule has 0 aliphatic carbocycles. The van der Waals surface area contributed by atoms with E-state index in [1.54, 1.807) is 12.1 Å². The van der Waals surface area contributed by atoms with Gasteiger partial charge in [-0.2, -0.15) is 13.2 Å². The first kappa shape index (κ1) is 22.6. The number of ether oxygens (including phenoxy) is 2. The first-order valence-electron chi connectivity index (χ1n) is 10.3. The average Bonchev–Trinajstić information content (AvgIpc) is 3.20. The molecule has 33 heavy (non-hydrogen) atoms. The monoisotopic (exact) mass is 462 g/mol. The first-order valence-corrected chi connectivity index (χ1v) is 10.3. The Morgan fingerprint density at radius 2 is 1.55 bits per heavy atom. The highest BCUT2D eigenvalue weighted by Gasteiger charge is 2.77. The Morgan fingerprint density at radius 3 is 2.12 bits per heavy atom. The number of carbonyl (C=O) groups is 3. The van der Waals surface area contributed by atoms with Crippen molar-refractivity contribution < 1.29 is 37.0 Å². The minimum Gasteiger partial charge on any atom is -0.465 e. The van der Waals surface area contributed by atoms with E-state index >= 15 is 0 Å². The molecule has 4 rings (SSSR count). The van der Waals surface area contributed by atoms with Crippen LogP contribution in [0.5, 0.6) is 0 Å². The van der Waals surface area contributed by atoms with Crippen LogP contribution >= 0.6 is 0 Å². The van der Waals surface area contributed by atoms with Crippen molar-refractivity contribution >= 4 is 29.2 Å². The Labute approximate surface area is 187 Å². The molecule has 2 heterocycles. The molecule has 1 spiro atoms. The zero-order chi connectivity index (χ0) is 24.2. The molecular formula is C23H21F3N2O5. The van der Waals surface area contributed by atoms with E-state index in [9.17, 15) is 27.6 Å². The molecule has 1 amide bonds. The number of anilines is 2. The fourth-order valence-corrected chi connectivity index (χ4v) is 4.89. The number of fused-ring (bicyclic) bond motifs is 3. The second-order valence-electron chi connectivity index (χ2n) is 7.68. The Hall–Kier alpha value is -3.56. The number of hydrogen-bond donors (Lipinski definition) is 1. The van der Waals surface area contributed by atoms with Crippen molar-refractivity contribution in [1.29, 1.82) is 0 Å². The van der Waals surface area contributed by atoms with Gasteiger partial charge in [-0.3, -0.25) is 14.4 Å². The molecule has 2 aromatic carbocycles. The molecule has 0 saturated carbocycles. The lowest BCUT2D eigenvalue weighted by atomic mass is 9.64. The van der Waals surface area contributed by atoms with Crippen LogP contribution in [0.15, 0.2) is 42.5 Å². The average molecular weight is 462 g/mol. The molecule has 1 atom stereocenters. The van der Waals surface area contributed by atoms with E-state index in [4.69, 9.17) is 9.47 Å². The number of nitrogens with zero attached hydrogens (tertiary/aromatic N) is 1. The maximum absolute atomic E-state index is 13.9. The van der Waals surface area contributed by atoms with Crippen LogP contribution in [-0.2, 0) is 41.0 Å². The second kappa shape index (κ2) is 7.50. The van der Waals surface area contributed by atoms with E-state index < -0.39 is 46.2 Å². The molecule has 1 N–H and O–H groups in total. The molecule has 7 nitrogen and oxygen atoms in total. The van der Waals surface area contributed by atoms with Gasteiger partial charge < -0.3 is 19.7 Å². The third kappa shape index (κ3) is 2.72. The molecule has 174 valence electrons. The van der Waals surface area contributed by atoms with Gasteiger partial charge in [-0.05, 0) is 26.0 Å². The summed E-state index contributed by atoms with van der Waals surface area (Å²) in [7, 11) is 1.18. The highest BCUT2D eigenvalue weighted by atomic mass is 19.4. The van der Waals surface area contributed by atoms with E-state index in [1.165, 1.54) is 39.1 Å². The SMILES string of the molecule is CCOC(=O)C1(C(=O)OCC)c2ccccc2N[C@@]12C(=O)N(C)c1c(C(F)(F)F)cccc12.